The van der Waals surface area contributed by atoms with Crippen LogP contribution in [0.4, 0.5) is 8.78 Å². The molecule has 0 spiro atoms. The molecule has 1 aliphatic carbocycles. The predicted octanol–water partition coefficient (Wildman–Crippen LogP) is 5.58. The van der Waals surface area contributed by atoms with Crippen LogP contribution in [-0.4, -0.2) is 40.8 Å². The second-order valence-corrected chi connectivity index (χ2v) is 9.16. The molecule has 1 aliphatic rings. The molecule has 7 heteroatoms. The van der Waals surface area contributed by atoms with Crippen LogP contribution in [-0.2, 0) is 19.1 Å². The Bertz CT molecular complexity index is 630. The summed E-state index contributed by atoms with van der Waals surface area (Å²) in [6, 6.07) is 0. The van der Waals surface area contributed by atoms with Gasteiger partial charge >= 0.3 is 11.9 Å². The Morgan fingerprint density at radius 3 is 2.50 bits per heavy atom. The van der Waals surface area contributed by atoms with Gasteiger partial charge in [0.25, 0.3) is 0 Å². The molecule has 3 atom stereocenters. The summed E-state index contributed by atoms with van der Waals surface area (Å²) in [7, 11) is 0. The lowest BCUT2D eigenvalue weighted by atomic mass is 9.85. The molecule has 1 saturated carbocycles. The van der Waals surface area contributed by atoms with Crippen molar-refractivity contribution in [1.82, 2.24) is 0 Å². The molecule has 1 rings (SSSR count). The number of allylic oxidation sites excluding steroid dienone is 1. The highest BCUT2D eigenvalue weighted by Gasteiger charge is 2.43. The number of aliphatic hydroxyl groups excluding tert-OH is 1. The summed E-state index contributed by atoms with van der Waals surface area (Å²) in [6.07, 6.45) is 7.54. The maximum absolute atomic E-state index is 13.9. The molecular weight excluding hydrogens is 418 g/mol. The second kappa shape index (κ2) is 14.5. The third-order valence-corrected chi connectivity index (χ3v) is 6.03. The predicted molar refractivity (Wildman–Crippen MR) is 119 cm³/mol. The minimum atomic E-state index is -3.32. The van der Waals surface area contributed by atoms with Crippen LogP contribution in [0.5, 0.6) is 0 Å². The lowest BCUT2D eigenvalue weighted by molar-refractivity contribution is -0.144. The maximum Gasteiger partial charge on any atom is 0.330 e. The number of ether oxygens (including phenoxy) is 1. The van der Waals surface area contributed by atoms with Crippen LogP contribution in [0.15, 0.2) is 12.2 Å². The number of carbonyl (C=O) groups is 3. The summed E-state index contributed by atoms with van der Waals surface area (Å²) in [5, 5.41) is 10.2. The Balaban J connectivity index is 2.35. The molecule has 1 N–H and O–H groups in total. The summed E-state index contributed by atoms with van der Waals surface area (Å²) in [5.74, 6) is -5.54. The minimum absolute atomic E-state index is 0.0284. The summed E-state index contributed by atoms with van der Waals surface area (Å²) in [4.78, 5) is 35.6. The largest absolute Gasteiger partial charge is 0.460 e. The molecule has 0 heterocycles. The van der Waals surface area contributed by atoms with E-state index in [0.29, 0.717) is 19.3 Å². The Hall–Kier alpha value is -1.63. The number of halogens is 2. The van der Waals surface area contributed by atoms with Crippen molar-refractivity contribution in [2.75, 3.05) is 0 Å². The Morgan fingerprint density at radius 2 is 1.84 bits per heavy atom. The lowest BCUT2D eigenvalue weighted by Gasteiger charge is -2.22. The van der Waals surface area contributed by atoms with Crippen molar-refractivity contribution in [3.63, 3.8) is 0 Å². The van der Waals surface area contributed by atoms with E-state index in [0.717, 1.165) is 32.1 Å². The molecule has 0 aromatic carbocycles. The fourth-order valence-corrected chi connectivity index (χ4v) is 4.23. The smallest absolute Gasteiger partial charge is 0.330 e. The summed E-state index contributed by atoms with van der Waals surface area (Å²) < 4.78 is 32.8. The maximum atomic E-state index is 13.9. The third-order valence-electron chi connectivity index (χ3n) is 6.03. The van der Waals surface area contributed by atoms with Crippen LogP contribution in [0.1, 0.15) is 97.8 Å². The Kier molecular flexibility index (Phi) is 12.9. The standard InChI is InChI=1S/C25H40F2O5/c1-4-5-16-25(26,27)23(30)15-14-20-19(21(28)17-22(20)29)12-10-8-6-7-9-11-13-24(31)32-18(2)3/h11,13,18-20,22,29H,4-10,12,14-17H2,1-3H3/t19-,20-,22-/m1/s1. The molecule has 0 aromatic heterocycles. The number of ketones is 2. The van der Waals surface area contributed by atoms with Crippen LogP contribution >= 0.6 is 0 Å². The van der Waals surface area contributed by atoms with Gasteiger partial charge in [0.15, 0.2) is 0 Å². The zero-order valence-corrected chi connectivity index (χ0v) is 19.8. The first-order chi connectivity index (χ1) is 15.1. The lowest BCUT2D eigenvalue weighted by Crippen LogP contribution is -2.30. The van der Waals surface area contributed by atoms with Crippen molar-refractivity contribution >= 4 is 17.5 Å². The number of alkyl halides is 2. The molecule has 0 aliphatic heterocycles. The highest BCUT2D eigenvalue weighted by atomic mass is 19.3. The average molecular weight is 459 g/mol. The summed E-state index contributed by atoms with van der Waals surface area (Å²) >= 11 is 0. The van der Waals surface area contributed by atoms with Crippen LogP contribution in [0, 0.1) is 11.8 Å². The van der Waals surface area contributed by atoms with E-state index in [-0.39, 0.29) is 43.0 Å². The van der Waals surface area contributed by atoms with E-state index in [4.69, 9.17) is 4.74 Å². The van der Waals surface area contributed by atoms with E-state index in [2.05, 4.69) is 0 Å². The first-order valence-corrected chi connectivity index (χ1v) is 12.1. The van der Waals surface area contributed by atoms with Crippen LogP contribution in [0.3, 0.4) is 0 Å². The Labute approximate surface area is 191 Å². The molecule has 0 aromatic rings. The fourth-order valence-electron chi connectivity index (χ4n) is 4.23. The number of Topliss-reactive ketones (excluding diaryl/α,β-unsaturated/α-hetero) is 2. The van der Waals surface area contributed by atoms with Gasteiger partial charge in [-0.1, -0.05) is 38.7 Å². The van der Waals surface area contributed by atoms with Crippen LogP contribution < -0.4 is 0 Å². The van der Waals surface area contributed by atoms with Crippen molar-refractivity contribution < 1.29 is 33.0 Å². The van der Waals surface area contributed by atoms with Crippen LogP contribution in [0.25, 0.3) is 0 Å². The van der Waals surface area contributed by atoms with Crippen molar-refractivity contribution in [3.05, 3.63) is 12.2 Å². The third kappa shape index (κ3) is 10.3. The highest BCUT2D eigenvalue weighted by Crippen LogP contribution is 2.37. The van der Waals surface area contributed by atoms with E-state index in [1.807, 2.05) is 0 Å². The molecule has 0 saturated heterocycles. The van der Waals surface area contributed by atoms with Gasteiger partial charge in [0.1, 0.15) is 5.78 Å². The van der Waals surface area contributed by atoms with Crippen molar-refractivity contribution in [3.8, 4) is 0 Å². The molecule has 0 bridgehead atoms. The van der Waals surface area contributed by atoms with Crippen LogP contribution in [0.2, 0.25) is 0 Å². The monoisotopic (exact) mass is 458 g/mol. The van der Waals surface area contributed by atoms with Gasteiger partial charge in [-0.25, -0.2) is 4.79 Å². The van der Waals surface area contributed by atoms with Gasteiger partial charge in [-0.2, -0.15) is 8.78 Å². The fraction of sp³-hybridized carbons (Fsp3) is 0.800. The summed E-state index contributed by atoms with van der Waals surface area (Å²) in [6.45, 7) is 5.39. The molecule has 5 nitrogen and oxygen atoms in total. The quantitative estimate of drug-likeness (QED) is 0.186. The number of aliphatic hydroxyl groups is 1. The number of unbranched alkanes of at least 4 members (excludes halogenated alkanes) is 5. The van der Waals surface area contributed by atoms with Gasteiger partial charge in [-0.3, -0.25) is 9.59 Å². The minimum Gasteiger partial charge on any atom is -0.460 e. The first kappa shape index (κ1) is 28.4. The number of esters is 1. The zero-order valence-electron chi connectivity index (χ0n) is 19.8. The molecule has 1 fully saturated rings. The Morgan fingerprint density at radius 1 is 1.16 bits per heavy atom. The number of carbonyl (C=O) groups excluding carboxylic acids is 3. The first-order valence-electron chi connectivity index (χ1n) is 12.1. The molecule has 184 valence electrons. The number of hydrogen-bond acceptors (Lipinski definition) is 5. The highest BCUT2D eigenvalue weighted by molar-refractivity contribution is 5.86. The van der Waals surface area contributed by atoms with Crippen molar-refractivity contribution in [2.24, 2.45) is 11.8 Å². The van der Waals surface area contributed by atoms with E-state index < -0.39 is 30.1 Å². The van der Waals surface area contributed by atoms with E-state index in [1.54, 1.807) is 26.8 Å². The van der Waals surface area contributed by atoms with Gasteiger partial charge in [0.2, 0.25) is 5.78 Å². The molecule has 0 radical (unpaired) electrons. The molecule has 0 unspecified atom stereocenters. The average Bonchev–Trinajstić information content (AvgIpc) is 2.98. The number of rotatable bonds is 16. The van der Waals surface area contributed by atoms with Gasteiger partial charge in [-0.05, 0) is 51.9 Å². The molecule has 32 heavy (non-hydrogen) atoms. The summed E-state index contributed by atoms with van der Waals surface area (Å²) in [5.41, 5.74) is 0. The van der Waals surface area contributed by atoms with Crippen molar-refractivity contribution in [2.45, 2.75) is 116 Å². The van der Waals surface area contributed by atoms with Gasteiger partial charge in [0.05, 0.1) is 12.2 Å². The van der Waals surface area contributed by atoms with E-state index in [1.165, 1.54) is 6.08 Å². The normalized spacial score (nSPS) is 21.6. The zero-order chi connectivity index (χ0) is 24.1. The van der Waals surface area contributed by atoms with E-state index >= 15 is 0 Å². The van der Waals surface area contributed by atoms with Gasteiger partial charge in [0, 0.05) is 31.3 Å². The molecule has 0 amide bonds. The van der Waals surface area contributed by atoms with Gasteiger partial charge in [-0.15, -0.1) is 0 Å². The SMILES string of the molecule is CCCCC(F)(F)C(=O)CC[C@H]1[C@H](O)CC(=O)[C@@H]1CCCCCCC=CC(=O)OC(C)C. The topological polar surface area (TPSA) is 80.7 Å². The van der Waals surface area contributed by atoms with Crippen molar-refractivity contribution in [1.29, 1.82) is 0 Å². The van der Waals surface area contributed by atoms with Gasteiger partial charge < -0.3 is 9.84 Å². The molecular formula is C25H40F2O5. The number of hydrogen-bond donors (Lipinski definition) is 1. The van der Waals surface area contributed by atoms with E-state index in [9.17, 15) is 28.3 Å². The second-order valence-electron chi connectivity index (χ2n) is 9.16.